The van der Waals surface area contributed by atoms with Crippen LogP contribution in [0.25, 0.3) is 11.0 Å². The minimum atomic E-state index is -0.461. The largest absolute Gasteiger partial charge is 0.378 e. The molecule has 0 atom stereocenters. The van der Waals surface area contributed by atoms with Gasteiger partial charge in [-0.2, -0.15) is 0 Å². The van der Waals surface area contributed by atoms with Crippen LogP contribution in [0.15, 0.2) is 12.1 Å². The third-order valence-electron chi connectivity index (χ3n) is 3.78. The lowest BCUT2D eigenvalue weighted by molar-refractivity contribution is -0.0719. The highest BCUT2D eigenvalue weighted by Gasteiger charge is 2.38. The van der Waals surface area contributed by atoms with Crippen molar-refractivity contribution in [2.75, 3.05) is 7.11 Å². The number of halogens is 2. The van der Waals surface area contributed by atoms with Crippen LogP contribution >= 0.6 is 11.6 Å². The van der Waals surface area contributed by atoms with Crippen LogP contribution in [0.2, 0.25) is 5.02 Å². The maximum absolute atomic E-state index is 13.8. The van der Waals surface area contributed by atoms with Crippen molar-refractivity contribution >= 4 is 22.6 Å². The Morgan fingerprint density at radius 2 is 2.28 bits per heavy atom. The summed E-state index contributed by atoms with van der Waals surface area (Å²) in [7, 11) is 1.72. The smallest absolute Gasteiger partial charge is 0.169 e. The fraction of sp³-hybridized carbons (Fsp3) is 0.462. The summed E-state index contributed by atoms with van der Waals surface area (Å²) in [5, 5.41) is 0.102. The van der Waals surface area contributed by atoms with Gasteiger partial charge in [0.25, 0.3) is 0 Å². The van der Waals surface area contributed by atoms with Crippen LogP contribution in [0.1, 0.15) is 25.1 Å². The quantitative estimate of drug-likeness (QED) is 0.926. The standard InChI is InChI=1S/C13H14ClFN2O/c1-18-13(5-2-6-13)7-10-16-9-4-3-8(14)11(15)12(9)17-10/h3-4H,2,5-7H2,1H3,(H,16,17). The van der Waals surface area contributed by atoms with Crippen molar-refractivity contribution in [3.05, 3.63) is 28.8 Å². The van der Waals surface area contributed by atoms with Gasteiger partial charge in [-0.25, -0.2) is 9.37 Å². The van der Waals surface area contributed by atoms with Crippen LogP contribution in [0.5, 0.6) is 0 Å². The van der Waals surface area contributed by atoms with E-state index < -0.39 is 5.82 Å². The molecule has 5 heteroatoms. The highest BCUT2D eigenvalue weighted by atomic mass is 35.5. The molecule has 1 aliphatic carbocycles. The van der Waals surface area contributed by atoms with E-state index in [4.69, 9.17) is 16.3 Å². The zero-order chi connectivity index (χ0) is 12.8. The van der Waals surface area contributed by atoms with Crippen LogP contribution in [-0.2, 0) is 11.2 Å². The molecule has 1 aromatic heterocycles. The number of imidazole rings is 1. The number of nitrogens with zero attached hydrogens (tertiary/aromatic N) is 1. The number of benzene rings is 1. The Morgan fingerprint density at radius 3 is 2.89 bits per heavy atom. The van der Waals surface area contributed by atoms with Crippen molar-refractivity contribution in [3.63, 3.8) is 0 Å². The summed E-state index contributed by atoms with van der Waals surface area (Å²) in [6.07, 6.45) is 3.93. The minimum Gasteiger partial charge on any atom is -0.378 e. The van der Waals surface area contributed by atoms with E-state index in [0.29, 0.717) is 17.5 Å². The van der Waals surface area contributed by atoms with Crippen molar-refractivity contribution in [2.45, 2.75) is 31.3 Å². The lowest BCUT2D eigenvalue weighted by Gasteiger charge is -2.39. The second kappa shape index (κ2) is 4.21. The summed E-state index contributed by atoms with van der Waals surface area (Å²) < 4.78 is 19.3. The number of methoxy groups -OCH3 is 1. The zero-order valence-corrected chi connectivity index (χ0v) is 10.9. The molecule has 1 N–H and O–H groups in total. The molecule has 0 saturated heterocycles. The van der Waals surface area contributed by atoms with E-state index in [1.165, 1.54) is 12.5 Å². The van der Waals surface area contributed by atoms with Gasteiger partial charge in [0.1, 0.15) is 11.3 Å². The molecule has 3 nitrogen and oxygen atoms in total. The first kappa shape index (κ1) is 11.9. The molecule has 1 aliphatic rings. The fourth-order valence-corrected chi connectivity index (χ4v) is 2.63. The molecule has 1 saturated carbocycles. The molecule has 1 aromatic carbocycles. The van der Waals surface area contributed by atoms with Crippen LogP contribution < -0.4 is 0 Å². The molecule has 0 radical (unpaired) electrons. The highest BCUT2D eigenvalue weighted by molar-refractivity contribution is 6.31. The van der Waals surface area contributed by atoms with Crippen LogP contribution in [0.4, 0.5) is 4.39 Å². The molecule has 1 fully saturated rings. The molecule has 2 aromatic rings. The molecule has 1 heterocycles. The van der Waals surface area contributed by atoms with E-state index in [-0.39, 0.29) is 10.6 Å². The summed E-state index contributed by atoms with van der Waals surface area (Å²) in [4.78, 5) is 7.42. The van der Waals surface area contributed by atoms with Gasteiger partial charge in [0, 0.05) is 13.5 Å². The second-order valence-corrected chi connectivity index (χ2v) is 5.27. The summed E-state index contributed by atoms with van der Waals surface area (Å²) in [5.74, 6) is 0.296. The first-order valence-corrected chi connectivity index (χ1v) is 6.39. The number of fused-ring (bicyclic) bond motifs is 1. The fourth-order valence-electron chi connectivity index (χ4n) is 2.48. The molecule has 0 amide bonds. The van der Waals surface area contributed by atoms with Gasteiger partial charge in [-0.1, -0.05) is 11.6 Å². The van der Waals surface area contributed by atoms with Crippen molar-refractivity contribution in [1.29, 1.82) is 0 Å². The monoisotopic (exact) mass is 268 g/mol. The van der Waals surface area contributed by atoms with E-state index in [1.54, 1.807) is 13.2 Å². The topological polar surface area (TPSA) is 37.9 Å². The number of hydrogen-bond donors (Lipinski definition) is 1. The van der Waals surface area contributed by atoms with Gasteiger partial charge in [0.15, 0.2) is 5.82 Å². The molecule has 0 spiro atoms. The van der Waals surface area contributed by atoms with Gasteiger partial charge >= 0.3 is 0 Å². The van der Waals surface area contributed by atoms with E-state index in [9.17, 15) is 4.39 Å². The normalized spacial score (nSPS) is 17.9. The van der Waals surface area contributed by atoms with E-state index >= 15 is 0 Å². The lowest BCUT2D eigenvalue weighted by Crippen LogP contribution is -2.41. The number of hydrogen-bond acceptors (Lipinski definition) is 2. The predicted octanol–water partition coefficient (Wildman–Crippen LogP) is 3.47. The Kier molecular flexibility index (Phi) is 2.79. The minimum absolute atomic E-state index is 0.102. The Morgan fingerprint density at radius 1 is 1.50 bits per heavy atom. The molecule has 0 unspecified atom stereocenters. The van der Waals surface area contributed by atoms with Crippen molar-refractivity contribution in [3.8, 4) is 0 Å². The van der Waals surface area contributed by atoms with Crippen LogP contribution in [0.3, 0.4) is 0 Å². The van der Waals surface area contributed by atoms with E-state index in [2.05, 4.69) is 9.97 Å². The summed E-state index contributed by atoms with van der Waals surface area (Å²) >= 11 is 5.74. The molecule has 3 rings (SSSR count). The molecule has 18 heavy (non-hydrogen) atoms. The van der Waals surface area contributed by atoms with Gasteiger partial charge in [-0.15, -0.1) is 0 Å². The zero-order valence-electron chi connectivity index (χ0n) is 10.1. The molecule has 0 aliphatic heterocycles. The van der Waals surface area contributed by atoms with Gasteiger partial charge in [0.05, 0.1) is 16.1 Å². The maximum atomic E-state index is 13.8. The number of aromatic nitrogens is 2. The Labute approximate surface area is 109 Å². The van der Waals surface area contributed by atoms with Gasteiger partial charge < -0.3 is 9.72 Å². The average Bonchev–Trinajstić information content (AvgIpc) is 2.72. The number of nitrogens with one attached hydrogen (secondary N) is 1. The number of aromatic amines is 1. The third kappa shape index (κ3) is 1.80. The number of rotatable bonds is 3. The van der Waals surface area contributed by atoms with Gasteiger partial charge in [0.2, 0.25) is 0 Å². The highest BCUT2D eigenvalue weighted by Crippen LogP contribution is 2.37. The molecular weight excluding hydrogens is 255 g/mol. The number of H-pyrrole nitrogens is 1. The summed E-state index contributed by atoms with van der Waals surface area (Å²) in [6, 6.07) is 3.29. The van der Waals surface area contributed by atoms with E-state index in [0.717, 1.165) is 18.7 Å². The molecule has 0 bridgehead atoms. The average molecular weight is 269 g/mol. The first-order valence-electron chi connectivity index (χ1n) is 6.01. The summed E-state index contributed by atoms with van der Waals surface area (Å²) in [5.41, 5.74) is 0.870. The lowest BCUT2D eigenvalue weighted by atomic mass is 9.77. The third-order valence-corrected chi connectivity index (χ3v) is 4.07. The van der Waals surface area contributed by atoms with Crippen LogP contribution in [-0.4, -0.2) is 22.7 Å². The second-order valence-electron chi connectivity index (χ2n) is 4.86. The van der Waals surface area contributed by atoms with Crippen molar-refractivity contribution < 1.29 is 9.13 Å². The summed E-state index contributed by atoms with van der Waals surface area (Å²) in [6.45, 7) is 0. The Bertz CT molecular complexity index is 586. The number of ether oxygens (including phenoxy) is 1. The Balaban J connectivity index is 1.96. The van der Waals surface area contributed by atoms with Crippen molar-refractivity contribution in [2.24, 2.45) is 0 Å². The van der Waals surface area contributed by atoms with E-state index in [1.807, 2.05) is 0 Å². The molecular formula is C13H14ClFN2O. The van der Waals surface area contributed by atoms with Gasteiger partial charge in [-0.3, -0.25) is 0 Å². The van der Waals surface area contributed by atoms with Crippen LogP contribution in [0, 0.1) is 5.82 Å². The predicted molar refractivity (Wildman–Crippen MR) is 68.4 cm³/mol. The van der Waals surface area contributed by atoms with Crippen molar-refractivity contribution in [1.82, 2.24) is 9.97 Å². The maximum Gasteiger partial charge on any atom is 0.169 e. The Hall–Kier alpha value is -1.13. The molecule has 96 valence electrons. The first-order chi connectivity index (χ1) is 8.63. The SMILES string of the molecule is COC1(Cc2nc3c(F)c(Cl)ccc3[nH]2)CCC1. The van der Waals surface area contributed by atoms with Gasteiger partial charge in [-0.05, 0) is 31.4 Å².